The first-order chi connectivity index (χ1) is 17.0. The Morgan fingerprint density at radius 2 is 1.80 bits per heavy atom. The minimum absolute atomic E-state index is 0.0101. The molecule has 1 aliphatic rings. The van der Waals surface area contributed by atoms with Gasteiger partial charge in [-0.25, -0.2) is 0 Å². The average Bonchev–Trinajstić information content (AvgIpc) is 3.32. The van der Waals surface area contributed by atoms with Crippen LogP contribution in [0.4, 0.5) is 0 Å². The molecule has 1 saturated heterocycles. The van der Waals surface area contributed by atoms with Crippen LogP contribution in [0.1, 0.15) is 34.0 Å². The van der Waals surface area contributed by atoms with E-state index in [0.717, 1.165) is 36.0 Å². The maximum Gasteiger partial charge on any atom is 0.263 e. The SMILES string of the molecule is CN(C)C(=O)c1cc2c(OCC(O)CN3CCC(c4cccc5ccccc45)CC3)cccc2s1. The second kappa shape index (κ2) is 10.4. The molecular weight excluding hydrogens is 456 g/mol. The van der Waals surface area contributed by atoms with Crippen LogP contribution in [0, 0.1) is 0 Å². The molecule has 0 saturated carbocycles. The Hall–Kier alpha value is -2.93. The Morgan fingerprint density at radius 3 is 2.60 bits per heavy atom. The van der Waals surface area contributed by atoms with Crippen LogP contribution in [0.3, 0.4) is 0 Å². The predicted molar refractivity (Wildman–Crippen MR) is 144 cm³/mol. The van der Waals surface area contributed by atoms with Gasteiger partial charge in [-0.2, -0.15) is 0 Å². The maximum atomic E-state index is 12.3. The number of hydrogen-bond acceptors (Lipinski definition) is 5. The number of hydrogen-bond donors (Lipinski definition) is 1. The smallest absolute Gasteiger partial charge is 0.263 e. The van der Waals surface area contributed by atoms with Gasteiger partial charge in [-0.3, -0.25) is 4.79 Å². The van der Waals surface area contributed by atoms with Crippen LogP contribution in [-0.2, 0) is 0 Å². The number of carbonyl (C=O) groups is 1. The van der Waals surface area contributed by atoms with Crippen molar-refractivity contribution in [3.8, 4) is 5.75 Å². The molecule has 2 heterocycles. The highest BCUT2D eigenvalue weighted by molar-refractivity contribution is 7.20. The van der Waals surface area contributed by atoms with Gasteiger partial charge in [0, 0.05) is 30.7 Å². The fourth-order valence-corrected chi connectivity index (χ4v) is 6.16. The number of ether oxygens (including phenoxy) is 1. The number of β-amino-alcohol motifs (C(OH)–C–C–N with tert-alkyl or cyclic N) is 1. The van der Waals surface area contributed by atoms with E-state index in [1.165, 1.54) is 27.7 Å². The molecule has 5 nitrogen and oxygen atoms in total. The van der Waals surface area contributed by atoms with Crippen molar-refractivity contribution in [1.82, 2.24) is 9.80 Å². The molecule has 1 fully saturated rings. The van der Waals surface area contributed by atoms with E-state index in [0.29, 0.717) is 23.1 Å². The van der Waals surface area contributed by atoms with E-state index in [1.54, 1.807) is 19.0 Å². The molecule has 4 aromatic rings. The fraction of sp³-hybridized carbons (Fsp3) is 0.345. The van der Waals surface area contributed by atoms with Gasteiger partial charge in [0.15, 0.2) is 0 Å². The van der Waals surface area contributed by atoms with E-state index in [2.05, 4.69) is 47.4 Å². The summed E-state index contributed by atoms with van der Waals surface area (Å²) in [5.41, 5.74) is 1.45. The largest absolute Gasteiger partial charge is 0.490 e. The molecule has 6 heteroatoms. The number of carbonyl (C=O) groups excluding carboxylic acids is 1. The zero-order valence-electron chi connectivity index (χ0n) is 20.3. The zero-order valence-corrected chi connectivity index (χ0v) is 21.1. The number of benzene rings is 3. The van der Waals surface area contributed by atoms with Crippen LogP contribution >= 0.6 is 11.3 Å². The van der Waals surface area contributed by atoms with E-state index in [1.807, 2.05) is 24.3 Å². The molecule has 0 bridgehead atoms. The van der Waals surface area contributed by atoms with Gasteiger partial charge in [-0.15, -0.1) is 11.3 Å². The lowest BCUT2D eigenvalue weighted by Crippen LogP contribution is -2.40. The number of rotatable bonds is 7. The van der Waals surface area contributed by atoms with Crippen molar-refractivity contribution in [3.05, 3.63) is 77.2 Å². The lowest BCUT2D eigenvalue weighted by atomic mass is 9.86. The summed E-state index contributed by atoms with van der Waals surface area (Å²) < 4.78 is 7.03. The number of aliphatic hydroxyl groups excluding tert-OH is 1. The highest BCUT2D eigenvalue weighted by atomic mass is 32.1. The van der Waals surface area contributed by atoms with Gasteiger partial charge in [-0.1, -0.05) is 48.5 Å². The first kappa shape index (κ1) is 23.8. The Labute approximate surface area is 210 Å². The zero-order chi connectivity index (χ0) is 24.4. The first-order valence-corrected chi connectivity index (χ1v) is 13.1. The summed E-state index contributed by atoms with van der Waals surface area (Å²) >= 11 is 1.47. The van der Waals surface area contributed by atoms with E-state index in [9.17, 15) is 9.90 Å². The molecule has 1 unspecified atom stereocenters. The van der Waals surface area contributed by atoms with Gasteiger partial charge >= 0.3 is 0 Å². The number of piperidine rings is 1. The van der Waals surface area contributed by atoms with E-state index < -0.39 is 6.10 Å². The summed E-state index contributed by atoms with van der Waals surface area (Å²) in [6, 6.07) is 23.0. The monoisotopic (exact) mass is 488 g/mol. The second-order valence-electron chi connectivity index (χ2n) is 9.59. The number of aliphatic hydroxyl groups is 1. The molecular formula is C29H32N2O3S. The van der Waals surface area contributed by atoms with Crippen LogP contribution in [0.25, 0.3) is 20.9 Å². The van der Waals surface area contributed by atoms with Crippen molar-refractivity contribution in [2.45, 2.75) is 24.9 Å². The third-order valence-electron chi connectivity index (χ3n) is 6.89. The maximum absolute atomic E-state index is 12.3. The third-order valence-corrected chi connectivity index (χ3v) is 7.98. The van der Waals surface area contributed by atoms with Crippen LogP contribution in [-0.4, -0.2) is 67.3 Å². The average molecular weight is 489 g/mol. The molecule has 5 rings (SSSR count). The molecule has 1 N–H and O–H groups in total. The van der Waals surface area contributed by atoms with Gasteiger partial charge < -0.3 is 19.6 Å². The van der Waals surface area contributed by atoms with E-state index in [4.69, 9.17) is 4.74 Å². The number of nitrogens with zero attached hydrogens (tertiary/aromatic N) is 2. The van der Waals surface area contributed by atoms with Crippen LogP contribution in [0.2, 0.25) is 0 Å². The van der Waals surface area contributed by atoms with Crippen molar-refractivity contribution >= 4 is 38.1 Å². The molecule has 1 amide bonds. The molecule has 35 heavy (non-hydrogen) atoms. The van der Waals surface area contributed by atoms with Gasteiger partial charge in [0.25, 0.3) is 5.91 Å². The second-order valence-corrected chi connectivity index (χ2v) is 10.7. The van der Waals surface area contributed by atoms with E-state index in [-0.39, 0.29) is 12.5 Å². The molecule has 182 valence electrons. The highest BCUT2D eigenvalue weighted by Gasteiger charge is 2.24. The molecule has 3 aromatic carbocycles. The lowest BCUT2D eigenvalue weighted by Gasteiger charge is -2.33. The number of amides is 1. The predicted octanol–water partition coefficient (Wildman–Crippen LogP) is 5.38. The summed E-state index contributed by atoms with van der Waals surface area (Å²) in [6.45, 7) is 2.78. The van der Waals surface area contributed by atoms with E-state index >= 15 is 0 Å². The summed E-state index contributed by atoms with van der Waals surface area (Å²) in [6.07, 6.45) is 1.62. The van der Waals surface area contributed by atoms with Crippen molar-refractivity contribution < 1.29 is 14.6 Å². The Kier molecular flexibility index (Phi) is 7.04. The minimum atomic E-state index is -0.569. The Morgan fingerprint density at radius 1 is 1.06 bits per heavy atom. The van der Waals surface area contributed by atoms with Gasteiger partial charge in [0.2, 0.25) is 0 Å². The Bertz CT molecular complexity index is 1320. The summed E-state index contributed by atoms with van der Waals surface area (Å²) in [4.78, 5) is 17.0. The minimum Gasteiger partial charge on any atom is -0.490 e. The number of thiophene rings is 1. The summed E-state index contributed by atoms with van der Waals surface area (Å²) in [5.74, 6) is 1.26. The van der Waals surface area contributed by atoms with Crippen molar-refractivity contribution in [2.75, 3.05) is 40.3 Å². The highest BCUT2D eigenvalue weighted by Crippen LogP contribution is 2.34. The van der Waals surface area contributed by atoms with Crippen molar-refractivity contribution in [3.63, 3.8) is 0 Å². The normalized spacial score (nSPS) is 16.0. The molecule has 0 radical (unpaired) electrons. The van der Waals surface area contributed by atoms with Gasteiger partial charge in [0.1, 0.15) is 18.5 Å². The summed E-state index contributed by atoms with van der Waals surface area (Å²) in [5, 5.41) is 14.3. The van der Waals surface area contributed by atoms with Crippen molar-refractivity contribution in [2.24, 2.45) is 0 Å². The lowest BCUT2D eigenvalue weighted by molar-refractivity contribution is 0.0599. The van der Waals surface area contributed by atoms with Crippen molar-refractivity contribution in [1.29, 1.82) is 0 Å². The quantitative estimate of drug-likeness (QED) is 0.380. The Balaban J connectivity index is 1.16. The molecule has 1 aromatic heterocycles. The first-order valence-electron chi connectivity index (χ1n) is 12.2. The summed E-state index contributed by atoms with van der Waals surface area (Å²) in [7, 11) is 3.51. The molecule has 1 atom stereocenters. The van der Waals surface area contributed by atoms with Gasteiger partial charge in [-0.05, 0) is 66.4 Å². The molecule has 0 aliphatic carbocycles. The fourth-order valence-electron chi connectivity index (χ4n) is 5.06. The number of fused-ring (bicyclic) bond motifs is 2. The van der Waals surface area contributed by atoms with Crippen LogP contribution < -0.4 is 4.74 Å². The molecule has 1 aliphatic heterocycles. The van der Waals surface area contributed by atoms with Crippen LogP contribution in [0.15, 0.2) is 66.7 Å². The standard InChI is InChI=1S/C29H32N2O3S/c1-30(2)29(33)28-17-25-26(11-6-12-27(25)35-28)34-19-22(32)18-31-15-13-21(14-16-31)24-10-5-8-20-7-3-4-9-23(20)24/h3-12,17,21-22,32H,13-16,18-19H2,1-2H3. The topological polar surface area (TPSA) is 53.0 Å². The molecule has 0 spiro atoms. The van der Waals surface area contributed by atoms with Crippen LogP contribution in [0.5, 0.6) is 5.75 Å². The third kappa shape index (κ3) is 5.20. The van der Waals surface area contributed by atoms with Gasteiger partial charge in [0.05, 0.1) is 4.88 Å². The number of likely N-dealkylation sites (tertiary alicyclic amines) is 1.